The van der Waals surface area contributed by atoms with Crippen LogP contribution in [0.1, 0.15) is 18.5 Å². The first-order chi connectivity index (χ1) is 13.2. The molecule has 4 rings (SSSR count). The van der Waals surface area contributed by atoms with Gasteiger partial charge < -0.3 is 19.4 Å². The third kappa shape index (κ3) is 4.10. The van der Waals surface area contributed by atoms with Crippen LogP contribution in [0.2, 0.25) is 0 Å². The molecule has 0 spiro atoms. The maximum absolute atomic E-state index is 5.43. The second-order valence-electron chi connectivity index (χ2n) is 7.16. The number of ether oxygens (including phenoxy) is 1. The van der Waals surface area contributed by atoms with Gasteiger partial charge in [0.25, 0.3) is 0 Å². The Morgan fingerprint density at radius 3 is 2.56 bits per heavy atom. The number of morpholine rings is 1. The lowest BCUT2D eigenvalue weighted by molar-refractivity contribution is 0.122. The first kappa shape index (κ1) is 17.9. The Balaban J connectivity index is 1.40. The van der Waals surface area contributed by atoms with Gasteiger partial charge in [-0.3, -0.25) is 4.98 Å². The first-order valence-corrected chi connectivity index (χ1v) is 9.63. The molecule has 0 unspecified atom stereocenters. The van der Waals surface area contributed by atoms with Crippen molar-refractivity contribution in [3.63, 3.8) is 0 Å². The molecule has 0 bridgehead atoms. The molecule has 4 heterocycles. The summed E-state index contributed by atoms with van der Waals surface area (Å²) in [4.78, 5) is 25.0. The zero-order valence-electron chi connectivity index (χ0n) is 16.1. The Morgan fingerprint density at radius 1 is 1.04 bits per heavy atom. The average molecular weight is 369 g/mol. The fourth-order valence-corrected chi connectivity index (χ4v) is 3.72. The third-order valence-electron chi connectivity index (χ3n) is 5.36. The lowest BCUT2D eigenvalue weighted by Gasteiger charge is -2.38. The van der Waals surface area contributed by atoms with E-state index in [1.165, 1.54) is 0 Å². The number of hydrogen-bond acceptors (Lipinski definition) is 8. The molecule has 8 heteroatoms. The summed E-state index contributed by atoms with van der Waals surface area (Å²) in [5, 5.41) is 0. The van der Waals surface area contributed by atoms with Crippen LogP contribution in [-0.2, 0) is 4.74 Å². The molecule has 0 atom stereocenters. The number of aromatic nitrogens is 4. The maximum Gasteiger partial charge on any atom is 0.227 e. The highest BCUT2D eigenvalue weighted by Crippen LogP contribution is 2.24. The van der Waals surface area contributed by atoms with E-state index in [-0.39, 0.29) is 0 Å². The van der Waals surface area contributed by atoms with E-state index in [1.807, 2.05) is 25.4 Å². The molecule has 2 aromatic heterocycles. The molecule has 0 saturated carbocycles. The molecule has 0 aliphatic carbocycles. The second kappa shape index (κ2) is 8.04. The van der Waals surface area contributed by atoms with Crippen molar-refractivity contribution in [3.05, 3.63) is 30.4 Å². The van der Waals surface area contributed by atoms with Gasteiger partial charge in [0, 0.05) is 51.7 Å². The Kier molecular flexibility index (Phi) is 5.33. The van der Waals surface area contributed by atoms with E-state index in [2.05, 4.69) is 36.7 Å². The highest BCUT2D eigenvalue weighted by atomic mass is 16.5. The molecule has 2 aliphatic heterocycles. The lowest BCUT2D eigenvalue weighted by atomic mass is 10.0. The molecular weight excluding hydrogens is 342 g/mol. The highest BCUT2D eigenvalue weighted by molar-refractivity contribution is 5.45. The van der Waals surface area contributed by atoms with Crippen LogP contribution in [0.5, 0.6) is 0 Å². The lowest BCUT2D eigenvalue weighted by Crippen LogP contribution is -2.44. The van der Waals surface area contributed by atoms with Gasteiger partial charge in [0.2, 0.25) is 5.95 Å². The van der Waals surface area contributed by atoms with Crippen LogP contribution in [0.4, 0.5) is 17.6 Å². The number of hydrogen-bond donors (Lipinski definition) is 0. The van der Waals surface area contributed by atoms with Crippen molar-refractivity contribution in [3.8, 4) is 0 Å². The van der Waals surface area contributed by atoms with Gasteiger partial charge in [-0.1, -0.05) is 0 Å². The summed E-state index contributed by atoms with van der Waals surface area (Å²) in [7, 11) is 2.14. The van der Waals surface area contributed by atoms with Crippen LogP contribution in [-0.4, -0.2) is 72.4 Å². The normalized spacial score (nSPS) is 18.6. The number of piperidine rings is 1. The van der Waals surface area contributed by atoms with Crippen LogP contribution in [0.3, 0.4) is 0 Å². The molecule has 2 fully saturated rings. The molecule has 8 nitrogen and oxygen atoms in total. The topological polar surface area (TPSA) is 70.5 Å². The van der Waals surface area contributed by atoms with Crippen LogP contribution in [0.15, 0.2) is 24.7 Å². The van der Waals surface area contributed by atoms with E-state index in [4.69, 9.17) is 9.72 Å². The van der Waals surface area contributed by atoms with Crippen LogP contribution in [0, 0.1) is 6.92 Å². The van der Waals surface area contributed by atoms with E-state index in [0.717, 1.165) is 75.5 Å². The van der Waals surface area contributed by atoms with Crippen molar-refractivity contribution in [2.24, 2.45) is 0 Å². The summed E-state index contributed by atoms with van der Waals surface area (Å²) >= 11 is 0. The molecule has 27 heavy (non-hydrogen) atoms. The smallest absolute Gasteiger partial charge is 0.227 e. The quantitative estimate of drug-likeness (QED) is 0.803. The number of rotatable bonds is 4. The van der Waals surface area contributed by atoms with Gasteiger partial charge in [-0.2, -0.15) is 4.98 Å². The average Bonchev–Trinajstić information content (AvgIpc) is 2.74. The minimum Gasteiger partial charge on any atom is -0.378 e. The summed E-state index contributed by atoms with van der Waals surface area (Å²) in [5.41, 5.74) is 0.961. The third-order valence-corrected chi connectivity index (χ3v) is 5.36. The Labute approximate surface area is 160 Å². The molecule has 0 N–H and O–H groups in total. The molecule has 2 aromatic rings. The molecule has 2 aliphatic rings. The van der Waals surface area contributed by atoms with E-state index >= 15 is 0 Å². The van der Waals surface area contributed by atoms with Crippen molar-refractivity contribution in [2.75, 3.05) is 61.1 Å². The summed E-state index contributed by atoms with van der Waals surface area (Å²) in [5.74, 6) is 2.77. The Morgan fingerprint density at radius 2 is 1.81 bits per heavy atom. The summed E-state index contributed by atoms with van der Waals surface area (Å²) < 4.78 is 5.43. The van der Waals surface area contributed by atoms with E-state index in [0.29, 0.717) is 6.04 Å². The van der Waals surface area contributed by atoms with E-state index in [1.54, 1.807) is 6.20 Å². The minimum absolute atomic E-state index is 0.464. The summed E-state index contributed by atoms with van der Waals surface area (Å²) in [6.07, 6.45) is 7.66. The van der Waals surface area contributed by atoms with E-state index in [9.17, 15) is 0 Å². The van der Waals surface area contributed by atoms with Crippen molar-refractivity contribution < 1.29 is 4.74 Å². The highest BCUT2D eigenvalue weighted by Gasteiger charge is 2.25. The largest absolute Gasteiger partial charge is 0.378 e. The van der Waals surface area contributed by atoms with Gasteiger partial charge in [-0.15, -0.1) is 0 Å². The van der Waals surface area contributed by atoms with Crippen LogP contribution < -0.4 is 14.7 Å². The number of aryl methyl sites for hydroxylation is 1. The fraction of sp³-hybridized carbons (Fsp3) is 0.579. The monoisotopic (exact) mass is 369 g/mol. The standard InChI is InChI=1S/C19H27N7O/c1-15-13-20-14-18(22-15)25-7-4-16(5-8-25)24(2)17-3-6-21-19(23-17)26-9-11-27-12-10-26/h3,6,13-14,16H,4-5,7-12H2,1-2H3. The Hall–Kier alpha value is -2.48. The molecule has 0 aromatic carbocycles. The van der Waals surface area contributed by atoms with Gasteiger partial charge in [-0.25, -0.2) is 9.97 Å². The molecule has 0 radical (unpaired) electrons. The van der Waals surface area contributed by atoms with Gasteiger partial charge >= 0.3 is 0 Å². The molecule has 2 saturated heterocycles. The van der Waals surface area contributed by atoms with Gasteiger partial charge in [-0.05, 0) is 25.8 Å². The van der Waals surface area contributed by atoms with Crippen LogP contribution in [0.25, 0.3) is 0 Å². The van der Waals surface area contributed by atoms with Crippen molar-refractivity contribution in [1.82, 2.24) is 19.9 Å². The second-order valence-corrected chi connectivity index (χ2v) is 7.16. The zero-order valence-corrected chi connectivity index (χ0v) is 16.1. The minimum atomic E-state index is 0.464. The van der Waals surface area contributed by atoms with Gasteiger partial charge in [0.05, 0.1) is 25.1 Å². The maximum atomic E-state index is 5.43. The van der Waals surface area contributed by atoms with Crippen molar-refractivity contribution in [2.45, 2.75) is 25.8 Å². The summed E-state index contributed by atoms with van der Waals surface area (Å²) in [6, 6.07) is 2.47. The van der Waals surface area contributed by atoms with Gasteiger partial charge in [0.1, 0.15) is 11.6 Å². The zero-order chi connectivity index (χ0) is 18.6. The molecule has 144 valence electrons. The Bertz CT molecular complexity index is 757. The number of anilines is 3. The molecular formula is C19H27N7O. The van der Waals surface area contributed by atoms with Crippen LogP contribution >= 0.6 is 0 Å². The number of nitrogens with zero attached hydrogens (tertiary/aromatic N) is 7. The predicted octanol–water partition coefficient (Wildman–Crippen LogP) is 1.52. The summed E-state index contributed by atoms with van der Waals surface area (Å²) in [6.45, 7) is 7.13. The fourth-order valence-electron chi connectivity index (χ4n) is 3.72. The van der Waals surface area contributed by atoms with Crippen molar-refractivity contribution in [1.29, 1.82) is 0 Å². The molecule has 0 amide bonds. The SMILES string of the molecule is Cc1cncc(N2CCC(N(C)c3ccnc(N4CCOCC4)n3)CC2)n1. The van der Waals surface area contributed by atoms with Crippen molar-refractivity contribution >= 4 is 17.6 Å². The first-order valence-electron chi connectivity index (χ1n) is 9.63. The van der Waals surface area contributed by atoms with E-state index < -0.39 is 0 Å². The predicted molar refractivity (Wildman–Crippen MR) is 105 cm³/mol. The van der Waals surface area contributed by atoms with Gasteiger partial charge in [0.15, 0.2) is 0 Å².